The van der Waals surface area contributed by atoms with E-state index in [4.69, 9.17) is 24.0 Å². The number of nitrogens with zero attached hydrogens (tertiary/aromatic N) is 2. The molecule has 1 amide bonds. The second-order valence-corrected chi connectivity index (χ2v) is 9.90. The maximum absolute atomic E-state index is 12.4. The SMILES string of the molecule is Cc1cc(OCc2nc(-c3ccc(C(=O)N(C)C)cc3)c(-c3ccc(-c4ccccc4)cc3)o2)ccc1OCC(=O)O. The van der Waals surface area contributed by atoms with Crippen molar-refractivity contribution in [2.75, 3.05) is 20.7 Å². The van der Waals surface area contributed by atoms with Crippen molar-refractivity contribution in [1.29, 1.82) is 0 Å². The number of carbonyl (C=O) groups is 2. The summed E-state index contributed by atoms with van der Waals surface area (Å²) in [6.45, 7) is 1.47. The van der Waals surface area contributed by atoms with E-state index < -0.39 is 12.6 Å². The van der Waals surface area contributed by atoms with Crippen LogP contribution in [0.3, 0.4) is 0 Å². The Morgan fingerprint density at radius 3 is 2.10 bits per heavy atom. The molecule has 42 heavy (non-hydrogen) atoms. The monoisotopic (exact) mass is 562 g/mol. The van der Waals surface area contributed by atoms with Crippen LogP contribution in [0.4, 0.5) is 0 Å². The zero-order valence-corrected chi connectivity index (χ0v) is 23.5. The van der Waals surface area contributed by atoms with Crippen LogP contribution in [-0.4, -0.2) is 47.6 Å². The van der Waals surface area contributed by atoms with E-state index in [9.17, 15) is 9.59 Å². The van der Waals surface area contributed by atoms with Crippen molar-refractivity contribution < 1.29 is 28.6 Å². The van der Waals surface area contributed by atoms with Crippen LogP contribution in [0.5, 0.6) is 11.5 Å². The van der Waals surface area contributed by atoms with Crippen LogP contribution in [0.2, 0.25) is 0 Å². The fourth-order valence-electron chi connectivity index (χ4n) is 4.45. The maximum Gasteiger partial charge on any atom is 0.341 e. The van der Waals surface area contributed by atoms with Crippen molar-refractivity contribution in [3.8, 4) is 45.2 Å². The lowest BCUT2D eigenvalue weighted by Crippen LogP contribution is -2.21. The Hall–Kier alpha value is -5.37. The molecule has 1 aromatic heterocycles. The minimum Gasteiger partial charge on any atom is -0.484 e. The van der Waals surface area contributed by atoms with Gasteiger partial charge in [-0.3, -0.25) is 4.79 Å². The van der Waals surface area contributed by atoms with Crippen LogP contribution in [0.15, 0.2) is 101 Å². The lowest BCUT2D eigenvalue weighted by atomic mass is 10.0. The molecule has 0 saturated heterocycles. The van der Waals surface area contributed by atoms with Crippen molar-refractivity contribution in [2.24, 2.45) is 0 Å². The van der Waals surface area contributed by atoms with Gasteiger partial charge in [-0.2, -0.15) is 0 Å². The predicted octanol–water partition coefficient (Wildman–Crippen LogP) is 6.73. The quantitative estimate of drug-likeness (QED) is 0.201. The Morgan fingerprint density at radius 2 is 1.45 bits per heavy atom. The minimum absolute atomic E-state index is 0.0705. The molecular formula is C34H30N2O6. The third kappa shape index (κ3) is 6.50. The zero-order valence-electron chi connectivity index (χ0n) is 23.5. The number of rotatable bonds is 10. The number of amides is 1. The van der Waals surface area contributed by atoms with Crippen molar-refractivity contribution in [1.82, 2.24) is 9.88 Å². The number of carbonyl (C=O) groups excluding carboxylic acids is 1. The Balaban J connectivity index is 1.43. The number of aliphatic carboxylic acids is 1. The summed E-state index contributed by atoms with van der Waals surface area (Å²) in [5, 5.41) is 8.86. The van der Waals surface area contributed by atoms with Crippen molar-refractivity contribution in [2.45, 2.75) is 13.5 Å². The summed E-state index contributed by atoms with van der Waals surface area (Å²) in [5.74, 6) is 0.884. The predicted molar refractivity (Wildman–Crippen MR) is 159 cm³/mol. The third-order valence-corrected chi connectivity index (χ3v) is 6.60. The van der Waals surface area contributed by atoms with Gasteiger partial charge in [0.15, 0.2) is 19.0 Å². The van der Waals surface area contributed by atoms with Crippen LogP contribution in [0.25, 0.3) is 33.7 Å². The molecule has 8 nitrogen and oxygen atoms in total. The average molecular weight is 563 g/mol. The summed E-state index contributed by atoms with van der Waals surface area (Å²) < 4.78 is 17.5. The standard InChI is InChI=1S/C34H30N2O6/c1-22-19-28(17-18-29(22)41-21-31(37)38)40-20-30-35-32(25-11-15-27(16-12-25)34(39)36(2)3)33(42-30)26-13-9-24(10-14-26)23-7-5-4-6-8-23/h4-19H,20-21H2,1-3H3,(H,37,38). The fourth-order valence-corrected chi connectivity index (χ4v) is 4.45. The molecule has 0 saturated carbocycles. The molecular weight excluding hydrogens is 532 g/mol. The van der Waals surface area contributed by atoms with Crippen LogP contribution in [-0.2, 0) is 11.4 Å². The molecule has 0 aliphatic carbocycles. The van der Waals surface area contributed by atoms with Gasteiger partial charge in [0.2, 0.25) is 5.89 Å². The van der Waals surface area contributed by atoms with E-state index in [-0.39, 0.29) is 12.5 Å². The molecule has 4 aromatic carbocycles. The van der Waals surface area contributed by atoms with Gasteiger partial charge >= 0.3 is 5.97 Å². The molecule has 212 valence electrons. The molecule has 0 aliphatic heterocycles. The van der Waals surface area contributed by atoms with E-state index in [0.29, 0.717) is 34.4 Å². The number of carboxylic acid groups (broad SMARTS) is 1. The number of carboxylic acids is 1. The average Bonchev–Trinajstić information content (AvgIpc) is 3.44. The van der Waals surface area contributed by atoms with Crippen LogP contribution >= 0.6 is 0 Å². The summed E-state index contributed by atoms with van der Waals surface area (Å²) in [5.41, 5.74) is 5.82. The van der Waals surface area contributed by atoms with Gasteiger partial charge in [0.1, 0.15) is 17.2 Å². The largest absolute Gasteiger partial charge is 0.484 e. The number of hydrogen-bond acceptors (Lipinski definition) is 6. The Labute approximate surface area is 243 Å². The highest BCUT2D eigenvalue weighted by atomic mass is 16.5. The highest BCUT2D eigenvalue weighted by molar-refractivity contribution is 5.94. The molecule has 0 bridgehead atoms. The molecule has 5 aromatic rings. The van der Waals surface area contributed by atoms with Gasteiger partial charge in [0.05, 0.1) is 0 Å². The van der Waals surface area contributed by atoms with Gasteiger partial charge in [-0.05, 0) is 53.9 Å². The number of benzene rings is 4. The lowest BCUT2D eigenvalue weighted by Gasteiger charge is -2.10. The van der Waals surface area contributed by atoms with Crippen molar-refractivity contribution in [3.63, 3.8) is 0 Å². The molecule has 0 atom stereocenters. The van der Waals surface area contributed by atoms with Gasteiger partial charge in [-0.15, -0.1) is 0 Å². The number of aryl methyl sites for hydroxylation is 1. The second kappa shape index (κ2) is 12.4. The molecule has 1 heterocycles. The Morgan fingerprint density at radius 1 is 0.810 bits per heavy atom. The first kappa shape index (κ1) is 28.2. The smallest absolute Gasteiger partial charge is 0.341 e. The third-order valence-electron chi connectivity index (χ3n) is 6.60. The minimum atomic E-state index is -1.04. The maximum atomic E-state index is 12.4. The van der Waals surface area contributed by atoms with E-state index in [0.717, 1.165) is 27.8 Å². The van der Waals surface area contributed by atoms with E-state index in [1.54, 1.807) is 44.4 Å². The Kier molecular flexibility index (Phi) is 8.34. The Bertz CT molecular complexity index is 1690. The molecule has 0 spiro atoms. The highest BCUT2D eigenvalue weighted by Gasteiger charge is 2.19. The van der Waals surface area contributed by atoms with E-state index >= 15 is 0 Å². The first-order valence-electron chi connectivity index (χ1n) is 13.3. The molecule has 5 rings (SSSR count). The van der Waals surface area contributed by atoms with Crippen molar-refractivity contribution in [3.05, 3.63) is 114 Å². The second-order valence-electron chi connectivity index (χ2n) is 9.90. The first-order valence-corrected chi connectivity index (χ1v) is 13.3. The molecule has 0 unspecified atom stereocenters. The van der Waals surface area contributed by atoms with Gasteiger partial charge in [-0.1, -0.05) is 66.7 Å². The summed E-state index contributed by atoms with van der Waals surface area (Å²) in [6, 6.07) is 30.6. The highest BCUT2D eigenvalue weighted by Crippen LogP contribution is 2.35. The molecule has 1 N–H and O–H groups in total. The summed E-state index contributed by atoms with van der Waals surface area (Å²) in [7, 11) is 3.44. The zero-order chi connectivity index (χ0) is 29.6. The van der Waals surface area contributed by atoms with Crippen molar-refractivity contribution >= 4 is 11.9 Å². The van der Waals surface area contributed by atoms with Gasteiger partial charge in [0.25, 0.3) is 5.91 Å². The summed E-state index contributed by atoms with van der Waals surface area (Å²) >= 11 is 0. The van der Waals surface area contributed by atoms with Crippen LogP contribution < -0.4 is 9.47 Å². The molecule has 0 radical (unpaired) electrons. The topological polar surface area (TPSA) is 102 Å². The van der Waals surface area contributed by atoms with E-state index in [1.807, 2.05) is 61.5 Å². The van der Waals surface area contributed by atoms with Crippen LogP contribution in [0, 0.1) is 6.92 Å². The van der Waals surface area contributed by atoms with Gasteiger partial charge in [-0.25, -0.2) is 9.78 Å². The first-order chi connectivity index (χ1) is 20.3. The van der Waals surface area contributed by atoms with E-state index in [1.165, 1.54) is 4.90 Å². The van der Waals surface area contributed by atoms with Gasteiger partial charge in [0, 0.05) is 30.8 Å². The number of hydrogen-bond donors (Lipinski definition) is 1. The van der Waals surface area contributed by atoms with Crippen LogP contribution in [0.1, 0.15) is 21.8 Å². The normalized spacial score (nSPS) is 10.7. The lowest BCUT2D eigenvalue weighted by molar-refractivity contribution is -0.139. The summed E-state index contributed by atoms with van der Waals surface area (Å²) in [4.78, 5) is 29.5. The number of ether oxygens (including phenoxy) is 2. The molecule has 0 aliphatic rings. The molecule has 8 heteroatoms. The van der Waals surface area contributed by atoms with E-state index in [2.05, 4.69) is 12.1 Å². The summed E-state index contributed by atoms with van der Waals surface area (Å²) in [6.07, 6.45) is 0. The fraction of sp³-hybridized carbons (Fsp3) is 0.147. The number of aromatic nitrogens is 1. The number of oxazole rings is 1. The van der Waals surface area contributed by atoms with Gasteiger partial charge < -0.3 is 23.9 Å². The molecule has 0 fully saturated rings.